The molecule has 1 amide bonds. The fraction of sp³-hybridized carbons (Fsp3) is 0.286. The number of amides is 1. The summed E-state index contributed by atoms with van der Waals surface area (Å²) in [5.41, 5.74) is 8.41. The van der Waals surface area contributed by atoms with Crippen molar-refractivity contribution in [3.05, 3.63) is 36.2 Å². The van der Waals surface area contributed by atoms with E-state index in [0.29, 0.717) is 11.4 Å². The van der Waals surface area contributed by atoms with E-state index in [9.17, 15) is 4.79 Å². The summed E-state index contributed by atoms with van der Waals surface area (Å²) < 4.78 is 7.34. The molecule has 6 heteroatoms. The number of aromatic nitrogens is 2. The molecule has 20 heavy (non-hydrogen) atoms. The number of fused-ring (bicyclic) bond motifs is 1. The first-order valence-corrected chi connectivity index (χ1v) is 6.38. The van der Waals surface area contributed by atoms with Gasteiger partial charge in [0, 0.05) is 13.2 Å². The third-order valence-corrected chi connectivity index (χ3v) is 3.35. The number of likely N-dealkylation sites (N-methyl/N-ethyl adjacent to an activating group) is 1. The van der Waals surface area contributed by atoms with Crippen molar-refractivity contribution in [3.8, 4) is 11.4 Å². The van der Waals surface area contributed by atoms with Gasteiger partial charge in [-0.2, -0.15) is 5.10 Å². The number of benzene rings is 1. The number of rotatable bonds is 1. The maximum Gasteiger partial charge on any atom is 0.247 e. The Labute approximate surface area is 116 Å². The Balaban J connectivity index is 2.06. The zero-order valence-corrected chi connectivity index (χ0v) is 11.4. The zero-order chi connectivity index (χ0) is 14.3. The van der Waals surface area contributed by atoms with E-state index in [4.69, 9.17) is 10.5 Å². The number of hydrogen-bond acceptors (Lipinski definition) is 4. The average Bonchev–Trinajstić information content (AvgIpc) is 2.85. The summed E-state index contributed by atoms with van der Waals surface area (Å²) in [5, 5.41) is 4.27. The molecule has 2 heterocycles. The van der Waals surface area contributed by atoms with Gasteiger partial charge in [-0.3, -0.25) is 4.79 Å². The second kappa shape index (κ2) is 4.64. The van der Waals surface area contributed by atoms with Crippen LogP contribution in [0.25, 0.3) is 5.69 Å². The van der Waals surface area contributed by atoms with Crippen molar-refractivity contribution < 1.29 is 9.53 Å². The van der Waals surface area contributed by atoms with Gasteiger partial charge in [0.15, 0.2) is 0 Å². The summed E-state index contributed by atoms with van der Waals surface area (Å²) in [7, 11) is 1.70. The normalized spacial score (nSPS) is 18.4. The first kappa shape index (κ1) is 12.7. The number of anilines is 1. The highest BCUT2D eigenvalue weighted by Gasteiger charge is 2.26. The quantitative estimate of drug-likeness (QED) is 0.835. The predicted molar refractivity (Wildman–Crippen MR) is 75.2 cm³/mol. The van der Waals surface area contributed by atoms with Crippen LogP contribution in [0.2, 0.25) is 0 Å². The molecule has 6 nitrogen and oxygen atoms in total. The van der Waals surface area contributed by atoms with E-state index in [1.807, 2.05) is 31.3 Å². The van der Waals surface area contributed by atoms with Crippen molar-refractivity contribution >= 4 is 11.6 Å². The highest BCUT2D eigenvalue weighted by atomic mass is 16.5. The molecule has 0 saturated carbocycles. The van der Waals surface area contributed by atoms with Gasteiger partial charge in [-0.25, -0.2) is 4.68 Å². The number of aryl methyl sites for hydroxylation is 1. The van der Waals surface area contributed by atoms with E-state index >= 15 is 0 Å². The molecule has 1 aliphatic rings. The number of carbonyl (C=O) groups is 1. The summed E-state index contributed by atoms with van der Waals surface area (Å²) >= 11 is 0. The van der Waals surface area contributed by atoms with Gasteiger partial charge < -0.3 is 15.4 Å². The molecule has 0 aliphatic carbocycles. The van der Waals surface area contributed by atoms with Gasteiger partial charge in [-0.05, 0) is 30.7 Å². The molecule has 2 aromatic rings. The number of carbonyl (C=O) groups excluding carboxylic acids is 1. The van der Waals surface area contributed by atoms with Crippen molar-refractivity contribution in [1.82, 2.24) is 9.78 Å². The molecule has 104 valence electrons. The van der Waals surface area contributed by atoms with Crippen molar-refractivity contribution in [3.63, 3.8) is 0 Å². The zero-order valence-electron chi connectivity index (χ0n) is 11.4. The minimum absolute atomic E-state index is 0.155. The third kappa shape index (κ3) is 2.04. The van der Waals surface area contributed by atoms with E-state index in [2.05, 4.69) is 5.10 Å². The van der Waals surface area contributed by atoms with Crippen molar-refractivity contribution in [2.24, 2.45) is 5.73 Å². The molecular formula is C14H16N4O2. The van der Waals surface area contributed by atoms with Crippen LogP contribution < -0.4 is 15.4 Å². The van der Waals surface area contributed by atoms with Crippen LogP contribution in [0.3, 0.4) is 0 Å². The summed E-state index contributed by atoms with van der Waals surface area (Å²) in [6, 6.07) is 4.98. The molecule has 3 rings (SSSR count). The molecule has 0 saturated heterocycles. The van der Waals surface area contributed by atoms with Gasteiger partial charge in [0.2, 0.25) is 5.91 Å². The lowest BCUT2D eigenvalue weighted by Crippen LogP contribution is -2.43. The van der Waals surface area contributed by atoms with Crippen LogP contribution in [-0.2, 0) is 4.79 Å². The highest BCUT2D eigenvalue weighted by Crippen LogP contribution is 2.32. The fourth-order valence-corrected chi connectivity index (χ4v) is 2.20. The predicted octanol–water partition coefficient (Wildman–Crippen LogP) is 0.863. The summed E-state index contributed by atoms with van der Waals surface area (Å²) in [5.74, 6) is 0.499. The molecule has 1 aromatic carbocycles. The van der Waals surface area contributed by atoms with E-state index in [1.165, 1.54) is 4.90 Å². The van der Waals surface area contributed by atoms with Crippen LogP contribution in [0.1, 0.15) is 5.56 Å². The van der Waals surface area contributed by atoms with E-state index in [-0.39, 0.29) is 12.5 Å². The first-order valence-electron chi connectivity index (χ1n) is 6.38. The molecule has 2 N–H and O–H groups in total. The second-order valence-corrected chi connectivity index (χ2v) is 4.93. The standard InChI is InChI=1S/C14H16N4O2/c1-9-6-16-18(7-9)10-3-4-13-12(5-10)17(2)14(19)11(15)8-20-13/h3-7,11H,8,15H2,1-2H3/t11-/m0/s1. The summed E-state index contributed by atoms with van der Waals surface area (Å²) in [6.07, 6.45) is 3.71. The Bertz CT molecular complexity index is 665. The Morgan fingerprint density at radius 2 is 2.25 bits per heavy atom. The molecule has 1 aromatic heterocycles. The fourth-order valence-electron chi connectivity index (χ4n) is 2.20. The van der Waals surface area contributed by atoms with Crippen molar-refractivity contribution in [2.75, 3.05) is 18.6 Å². The van der Waals surface area contributed by atoms with Crippen LogP contribution in [0.5, 0.6) is 5.75 Å². The van der Waals surface area contributed by atoms with Crippen LogP contribution in [0.4, 0.5) is 5.69 Å². The monoisotopic (exact) mass is 272 g/mol. The topological polar surface area (TPSA) is 73.4 Å². The Morgan fingerprint density at radius 1 is 1.45 bits per heavy atom. The molecule has 1 atom stereocenters. The second-order valence-electron chi connectivity index (χ2n) is 4.93. The Morgan fingerprint density at radius 3 is 2.95 bits per heavy atom. The van der Waals surface area contributed by atoms with Gasteiger partial charge in [-0.1, -0.05) is 0 Å². The van der Waals surface area contributed by atoms with Crippen molar-refractivity contribution in [1.29, 1.82) is 0 Å². The Kier molecular flexibility index (Phi) is 2.94. The minimum atomic E-state index is -0.636. The maximum absolute atomic E-state index is 12.1. The van der Waals surface area contributed by atoms with Crippen LogP contribution in [-0.4, -0.2) is 35.4 Å². The lowest BCUT2D eigenvalue weighted by Gasteiger charge is -2.18. The largest absolute Gasteiger partial charge is 0.489 e. The number of nitrogens with zero attached hydrogens (tertiary/aromatic N) is 3. The van der Waals surface area contributed by atoms with E-state index < -0.39 is 6.04 Å². The molecule has 1 aliphatic heterocycles. The molecular weight excluding hydrogens is 256 g/mol. The average molecular weight is 272 g/mol. The molecule has 0 bridgehead atoms. The van der Waals surface area contributed by atoms with E-state index in [0.717, 1.165) is 11.3 Å². The lowest BCUT2D eigenvalue weighted by atomic mass is 10.2. The SMILES string of the molecule is Cc1cnn(-c2ccc3c(c2)N(C)C(=O)[C@@H](N)CO3)c1. The number of ether oxygens (including phenoxy) is 1. The molecule has 0 unspecified atom stereocenters. The molecule has 0 fully saturated rings. The van der Waals surface area contributed by atoms with E-state index in [1.54, 1.807) is 17.9 Å². The summed E-state index contributed by atoms with van der Waals surface area (Å²) in [6.45, 7) is 2.17. The molecule has 0 radical (unpaired) electrons. The first-order chi connectivity index (χ1) is 9.56. The summed E-state index contributed by atoms with van der Waals surface area (Å²) in [4.78, 5) is 13.6. The lowest BCUT2D eigenvalue weighted by molar-refractivity contribution is -0.119. The van der Waals surface area contributed by atoms with Gasteiger partial charge in [0.05, 0.1) is 17.6 Å². The maximum atomic E-state index is 12.1. The van der Waals surface area contributed by atoms with Crippen LogP contribution in [0.15, 0.2) is 30.6 Å². The van der Waals surface area contributed by atoms with Gasteiger partial charge >= 0.3 is 0 Å². The smallest absolute Gasteiger partial charge is 0.247 e. The molecule has 0 spiro atoms. The Hall–Kier alpha value is -2.34. The van der Waals surface area contributed by atoms with Crippen LogP contribution >= 0.6 is 0 Å². The number of hydrogen-bond donors (Lipinski definition) is 1. The highest BCUT2D eigenvalue weighted by molar-refractivity contribution is 5.98. The third-order valence-electron chi connectivity index (χ3n) is 3.35. The minimum Gasteiger partial charge on any atom is -0.489 e. The number of nitrogens with two attached hydrogens (primary N) is 1. The van der Waals surface area contributed by atoms with Gasteiger partial charge in [-0.15, -0.1) is 0 Å². The van der Waals surface area contributed by atoms with Crippen LogP contribution in [0, 0.1) is 6.92 Å². The van der Waals surface area contributed by atoms with Gasteiger partial charge in [0.25, 0.3) is 0 Å². The van der Waals surface area contributed by atoms with Crippen molar-refractivity contribution in [2.45, 2.75) is 13.0 Å². The van der Waals surface area contributed by atoms with Gasteiger partial charge in [0.1, 0.15) is 18.4 Å².